The number of amides is 1. The van der Waals surface area contributed by atoms with Gasteiger partial charge in [-0.3, -0.25) is 9.59 Å². The Morgan fingerprint density at radius 3 is 2.95 bits per heavy atom. The lowest BCUT2D eigenvalue weighted by Crippen LogP contribution is -2.42. The Morgan fingerprint density at radius 1 is 1.48 bits per heavy atom. The summed E-state index contributed by atoms with van der Waals surface area (Å²) in [7, 11) is 1.73. The third-order valence-corrected chi connectivity index (χ3v) is 3.96. The number of hydrogen-bond acceptors (Lipinski definition) is 4. The van der Waals surface area contributed by atoms with E-state index in [1.807, 2.05) is 6.07 Å². The number of furan rings is 1. The molecule has 6 heteroatoms. The zero-order valence-electron chi connectivity index (χ0n) is 12.2. The summed E-state index contributed by atoms with van der Waals surface area (Å²) in [5.74, 6) is -0.298. The first kappa shape index (κ1) is 15.6. The van der Waals surface area contributed by atoms with Crippen molar-refractivity contribution in [2.75, 3.05) is 13.6 Å². The average molecular weight is 294 g/mol. The van der Waals surface area contributed by atoms with Gasteiger partial charge in [0.1, 0.15) is 5.76 Å². The molecule has 1 aromatic rings. The molecule has 1 aromatic heterocycles. The van der Waals surface area contributed by atoms with Gasteiger partial charge in [-0.05, 0) is 31.4 Å². The highest BCUT2D eigenvalue weighted by atomic mass is 16.4. The smallest absolute Gasteiger partial charge is 0.306 e. The van der Waals surface area contributed by atoms with Crippen LogP contribution in [0.4, 0.5) is 0 Å². The first-order valence-corrected chi connectivity index (χ1v) is 7.29. The topological polar surface area (TPSA) is 82.8 Å². The van der Waals surface area contributed by atoms with E-state index < -0.39 is 5.97 Å². The Kier molecular flexibility index (Phi) is 5.38. The minimum atomic E-state index is -0.734. The molecule has 2 unspecified atom stereocenters. The lowest BCUT2D eigenvalue weighted by Gasteiger charge is -2.28. The third-order valence-electron chi connectivity index (χ3n) is 3.96. The molecule has 0 aromatic carbocycles. The largest absolute Gasteiger partial charge is 0.481 e. The summed E-state index contributed by atoms with van der Waals surface area (Å²) < 4.78 is 5.21. The Bertz CT molecular complexity index is 472. The molecule has 6 nitrogen and oxygen atoms in total. The number of aliphatic carboxylic acids is 1. The molecule has 1 amide bonds. The third kappa shape index (κ3) is 4.60. The van der Waals surface area contributed by atoms with Gasteiger partial charge in [0.05, 0.1) is 25.3 Å². The number of nitrogens with one attached hydrogen (secondary N) is 1. The van der Waals surface area contributed by atoms with Crippen molar-refractivity contribution < 1.29 is 19.1 Å². The van der Waals surface area contributed by atoms with Gasteiger partial charge >= 0.3 is 5.97 Å². The van der Waals surface area contributed by atoms with Crippen LogP contribution in [-0.4, -0.2) is 41.5 Å². The standard InChI is InChI=1S/C15H22N2O4/c1-17(10-13-6-3-7-21-13)14(18)9-16-12-5-2-4-11(8-12)15(19)20/h3,6-7,11-12,16H,2,4-5,8-10H2,1H3,(H,19,20). The Hall–Kier alpha value is -1.82. The van der Waals surface area contributed by atoms with Crippen molar-refractivity contribution >= 4 is 11.9 Å². The highest BCUT2D eigenvalue weighted by molar-refractivity contribution is 5.78. The number of carbonyl (C=O) groups is 2. The summed E-state index contributed by atoms with van der Waals surface area (Å²) in [6.45, 7) is 0.671. The molecule has 1 saturated carbocycles. The molecule has 0 aliphatic heterocycles. The van der Waals surface area contributed by atoms with E-state index in [0.717, 1.165) is 25.0 Å². The Labute approximate surface area is 124 Å². The Morgan fingerprint density at radius 2 is 2.29 bits per heavy atom. The molecule has 1 aliphatic rings. The van der Waals surface area contributed by atoms with Gasteiger partial charge in [-0.15, -0.1) is 0 Å². The highest BCUT2D eigenvalue weighted by Crippen LogP contribution is 2.24. The predicted molar refractivity (Wildman–Crippen MR) is 76.6 cm³/mol. The highest BCUT2D eigenvalue weighted by Gasteiger charge is 2.27. The summed E-state index contributed by atoms with van der Waals surface area (Å²) in [5.41, 5.74) is 0. The van der Waals surface area contributed by atoms with E-state index in [-0.39, 0.29) is 24.4 Å². The number of hydrogen-bond donors (Lipinski definition) is 2. The van der Waals surface area contributed by atoms with Gasteiger partial charge in [-0.25, -0.2) is 0 Å². The monoisotopic (exact) mass is 294 g/mol. The maximum Gasteiger partial charge on any atom is 0.306 e. The number of nitrogens with zero attached hydrogens (tertiary/aromatic N) is 1. The van der Waals surface area contributed by atoms with Crippen LogP contribution in [-0.2, 0) is 16.1 Å². The Balaban J connectivity index is 1.74. The van der Waals surface area contributed by atoms with Crippen molar-refractivity contribution in [3.8, 4) is 0 Å². The first-order chi connectivity index (χ1) is 10.1. The van der Waals surface area contributed by atoms with E-state index in [1.165, 1.54) is 0 Å². The fourth-order valence-electron chi connectivity index (χ4n) is 2.69. The molecule has 2 N–H and O–H groups in total. The minimum Gasteiger partial charge on any atom is -0.481 e. The minimum absolute atomic E-state index is 0.0242. The van der Waals surface area contributed by atoms with Gasteiger partial charge in [0.15, 0.2) is 0 Å². The molecule has 1 fully saturated rings. The number of carboxylic acid groups (broad SMARTS) is 1. The fourth-order valence-corrected chi connectivity index (χ4v) is 2.69. The van der Waals surface area contributed by atoms with Crippen molar-refractivity contribution in [3.05, 3.63) is 24.2 Å². The average Bonchev–Trinajstić information content (AvgIpc) is 2.97. The molecular weight excluding hydrogens is 272 g/mol. The summed E-state index contributed by atoms with van der Waals surface area (Å²) >= 11 is 0. The number of rotatable bonds is 6. The van der Waals surface area contributed by atoms with Crippen LogP contribution in [0.5, 0.6) is 0 Å². The molecule has 116 valence electrons. The number of carboxylic acids is 1. The SMILES string of the molecule is CN(Cc1ccco1)C(=O)CNC1CCCC(C(=O)O)C1. The van der Waals surface area contributed by atoms with Crippen molar-refractivity contribution in [2.24, 2.45) is 5.92 Å². The molecule has 0 bridgehead atoms. The molecule has 0 radical (unpaired) electrons. The maximum atomic E-state index is 12.0. The van der Waals surface area contributed by atoms with Crippen LogP contribution >= 0.6 is 0 Å². The second-order valence-corrected chi connectivity index (χ2v) is 5.61. The normalized spacial score (nSPS) is 22.0. The molecule has 2 rings (SSSR count). The van der Waals surface area contributed by atoms with E-state index in [1.54, 1.807) is 24.3 Å². The van der Waals surface area contributed by atoms with E-state index in [9.17, 15) is 9.59 Å². The van der Waals surface area contributed by atoms with Gasteiger partial charge in [0.2, 0.25) is 5.91 Å². The second-order valence-electron chi connectivity index (χ2n) is 5.61. The van der Waals surface area contributed by atoms with Crippen LogP contribution in [0.25, 0.3) is 0 Å². The van der Waals surface area contributed by atoms with Gasteiger partial charge in [0.25, 0.3) is 0 Å². The molecule has 0 saturated heterocycles. The van der Waals surface area contributed by atoms with Gasteiger partial charge < -0.3 is 19.7 Å². The summed E-state index contributed by atoms with van der Waals surface area (Å²) in [6, 6.07) is 3.73. The van der Waals surface area contributed by atoms with Crippen LogP contribution < -0.4 is 5.32 Å². The van der Waals surface area contributed by atoms with Crippen LogP contribution in [0.2, 0.25) is 0 Å². The molecular formula is C15H22N2O4. The van der Waals surface area contributed by atoms with Crippen LogP contribution in [0.15, 0.2) is 22.8 Å². The number of carbonyl (C=O) groups excluding carboxylic acids is 1. The van der Waals surface area contributed by atoms with Crippen LogP contribution in [0, 0.1) is 5.92 Å². The molecule has 21 heavy (non-hydrogen) atoms. The van der Waals surface area contributed by atoms with Crippen LogP contribution in [0.1, 0.15) is 31.4 Å². The second kappa shape index (κ2) is 7.26. The van der Waals surface area contributed by atoms with Gasteiger partial charge in [-0.1, -0.05) is 6.42 Å². The first-order valence-electron chi connectivity index (χ1n) is 7.29. The van der Waals surface area contributed by atoms with Crippen molar-refractivity contribution in [1.82, 2.24) is 10.2 Å². The summed E-state index contributed by atoms with van der Waals surface area (Å²) in [6.07, 6.45) is 4.74. The van der Waals surface area contributed by atoms with E-state index in [0.29, 0.717) is 13.0 Å². The summed E-state index contributed by atoms with van der Waals surface area (Å²) in [4.78, 5) is 24.6. The van der Waals surface area contributed by atoms with Crippen molar-refractivity contribution in [2.45, 2.75) is 38.3 Å². The van der Waals surface area contributed by atoms with Gasteiger partial charge in [0, 0.05) is 13.1 Å². The summed E-state index contributed by atoms with van der Waals surface area (Å²) in [5, 5.41) is 12.2. The lowest BCUT2D eigenvalue weighted by atomic mass is 9.86. The molecule has 0 spiro atoms. The maximum absolute atomic E-state index is 12.0. The lowest BCUT2D eigenvalue weighted by molar-refractivity contribution is -0.143. The molecule has 2 atom stereocenters. The molecule has 1 heterocycles. The number of likely N-dealkylation sites (N-methyl/N-ethyl adjacent to an activating group) is 1. The zero-order valence-corrected chi connectivity index (χ0v) is 12.2. The van der Waals surface area contributed by atoms with Crippen molar-refractivity contribution in [3.63, 3.8) is 0 Å². The fraction of sp³-hybridized carbons (Fsp3) is 0.600. The quantitative estimate of drug-likeness (QED) is 0.830. The van der Waals surface area contributed by atoms with Crippen molar-refractivity contribution in [1.29, 1.82) is 0 Å². The van der Waals surface area contributed by atoms with E-state index in [2.05, 4.69) is 5.32 Å². The molecule has 1 aliphatic carbocycles. The van der Waals surface area contributed by atoms with E-state index in [4.69, 9.17) is 9.52 Å². The van der Waals surface area contributed by atoms with Crippen LogP contribution in [0.3, 0.4) is 0 Å². The zero-order chi connectivity index (χ0) is 15.2. The predicted octanol–water partition coefficient (Wildman–Crippen LogP) is 1.47. The van der Waals surface area contributed by atoms with Gasteiger partial charge in [-0.2, -0.15) is 0 Å². The van der Waals surface area contributed by atoms with E-state index >= 15 is 0 Å².